The lowest BCUT2D eigenvalue weighted by molar-refractivity contribution is 0.501. The van der Waals surface area contributed by atoms with Crippen LogP contribution in [0.3, 0.4) is 0 Å². The van der Waals surface area contributed by atoms with Crippen LogP contribution < -0.4 is 5.32 Å². The zero-order valence-corrected chi connectivity index (χ0v) is 7.10. The smallest absolute Gasteiger partial charge is 0.216 e. The second-order valence-corrected chi connectivity index (χ2v) is 3.25. The number of rotatable bonds is 4. The molecule has 0 aliphatic carbocycles. The summed E-state index contributed by atoms with van der Waals surface area (Å²) in [6.45, 7) is 2.19. The van der Waals surface area contributed by atoms with Gasteiger partial charge in [-0.3, -0.25) is 4.79 Å². The van der Waals surface area contributed by atoms with Crippen LogP contribution in [0.5, 0.6) is 0 Å². The van der Waals surface area contributed by atoms with E-state index in [1.54, 1.807) is 0 Å². The Bertz CT molecular complexity index is 125. The maximum atomic E-state index is 10.2. The van der Waals surface area contributed by atoms with Crippen molar-refractivity contribution >= 4 is 6.29 Å². The average molecular weight is 154 g/mol. The van der Waals surface area contributed by atoms with E-state index in [-0.39, 0.29) is 6.04 Å². The maximum absolute atomic E-state index is 10.2. The van der Waals surface area contributed by atoms with Crippen LogP contribution in [0.15, 0.2) is 0 Å². The van der Waals surface area contributed by atoms with Crippen molar-refractivity contribution in [2.75, 3.05) is 0 Å². The number of hydrogen-bond acceptors (Lipinski definition) is 2. The summed E-state index contributed by atoms with van der Waals surface area (Å²) >= 11 is 0. The highest BCUT2D eigenvalue weighted by Gasteiger charge is 2.22. The third-order valence-electron chi connectivity index (χ3n) is 2.29. The molecule has 1 aliphatic heterocycles. The molecule has 1 heterocycles. The molecule has 0 aromatic heterocycles. The second-order valence-electron chi connectivity index (χ2n) is 3.25. The third-order valence-corrected chi connectivity index (χ3v) is 2.29. The van der Waals surface area contributed by atoms with Gasteiger partial charge in [0.05, 0.1) is 6.04 Å². The van der Waals surface area contributed by atoms with Gasteiger partial charge < -0.3 is 5.32 Å². The van der Waals surface area contributed by atoms with Gasteiger partial charge in [0.25, 0.3) is 0 Å². The number of hydrogen-bond donors (Lipinski definition) is 1. The van der Waals surface area contributed by atoms with Crippen molar-refractivity contribution in [3.05, 3.63) is 0 Å². The molecule has 0 saturated carbocycles. The van der Waals surface area contributed by atoms with E-state index < -0.39 is 0 Å². The normalized spacial score (nSPS) is 30.6. The Kier molecular flexibility index (Phi) is 3.57. The molecule has 11 heavy (non-hydrogen) atoms. The molecule has 2 heteroatoms. The first-order valence-electron chi connectivity index (χ1n) is 4.50. The van der Waals surface area contributed by atoms with E-state index in [9.17, 15) is 4.79 Å². The van der Waals surface area contributed by atoms with E-state index in [0.29, 0.717) is 6.04 Å². The molecule has 0 aromatic carbocycles. The van der Waals surface area contributed by atoms with Gasteiger partial charge in [-0.25, -0.2) is 0 Å². The molecular formula is C9H16NO. The monoisotopic (exact) mass is 154 g/mol. The Labute approximate surface area is 68.4 Å². The van der Waals surface area contributed by atoms with Crippen LogP contribution in [0.2, 0.25) is 0 Å². The molecule has 1 saturated heterocycles. The van der Waals surface area contributed by atoms with Crippen molar-refractivity contribution in [3.8, 4) is 0 Å². The summed E-state index contributed by atoms with van der Waals surface area (Å²) in [4.78, 5) is 10.2. The van der Waals surface area contributed by atoms with E-state index in [1.807, 2.05) is 6.29 Å². The molecule has 1 N–H and O–H groups in total. The van der Waals surface area contributed by atoms with Crippen molar-refractivity contribution < 1.29 is 4.79 Å². The fourth-order valence-electron chi connectivity index (χ4n) is 1.59. The van der Waals surface area contributed by atoms with Crippen molar-refractivity contribution in [2.45, 2.75) is 51.1 Å². The number of carbonyl (C=O) groups excluding carboxylic acids is 1. The standard InChI is InChI=1S/C9H16NO/c1-2-3-4-8-5-6-9(7-11)10-8/h8-10H,2-6H2,1H3/t8-,9-/m0/s1. The van der Waals surface area contributed by atoms with Crippen LogP contribution in [0.25, 0.3) is 0 Å². The van der Waals surface area contributed by atoms with Crippen molar-refractivity contribution in [1.29, 1.82) is 0 Å². The number of unbranched alkanes of at least 4 members (excludes halogenated alkanes) is 1. The Morgan fingerprint density at radius 3 is 2.91 bits per heavy atom. The third kappa shape index (κ3) is 2.62. The minimum atomic E-state index is 0.0249. The van der Waals surface area contributed by atoms with Crippen molar-refractivity contribution in [2.24, 2.45) is 0 Å². The van der Waals surface area contributed by atoms with Gasteiger partial charge in [-0.1, -0.05) is 19.8 Å². The number of nitrogens with one attached hydrogen (secondary N) is 1. The molecular weight excluding hydrogens is 138 g/mol. The fraction of sp³-hybridized carbons (Fsp3) is 0.889. The van der Waals surface area contributed by atoms with E-state index >= 15 is 0 Å². The lowest BCUT2D eigenvalue weighted by atomic mass is 10.1. The van der Waals surface area contributed by atoms with E-state index in [2.05, 4.69) is 12.2 Å². The van der Waals surface area contributed by atoms with Crippen LogP contribution in [-0.2, 0) is 4.79 Å². The van der Waals surface area contributed by atoms with E-state index in [1.165, 1.54) is 19.3 Å². The molecule has 0 unspecified atom stereocenters. The second kappa shape index (κ2) is 4.50. The van der Waals surface area contributed by atoms with Gasteiger partial charge in [-0.05, 0) is 19.3 Å². The van der Waals surface area contributed by atoms with Crippen LogP contribution in [0, 0.1) is 0 Å². The molecule has 1 rings (SSSR count). The largest absolute Gasteiger partial charge is 0.304 e. The predicted molar refractivity (Wildman–Crippen MR) is 45.2 cm³/mol. The molecule has 1 aliphatic rings. The molecule has 0 bridgehead atoms. The van der Waals surface area contributed by atoms with Gasteiger partial charge in [0, 0.05) is 6.04 Å². The lowest BCUT2D eigenvalue weighted by Gasteiger charge is -2.08. The molecule has 63 valence electrons. The molecule has 2 atom stereocenters. The molecule has 1 fully saturated rings. The van der Waals surface area contributed by atoms with Crippen LogP contribution >= 0.6 is 0 Å². The first-order chi connectivity index (χ1) is 5.36. The molecule has 0 aromatic rings. The van der Waals surface area contributed by atoms with Crippen molar-refractivity contribution in [3.63, 3.8) is 0 Å². The predicted octanol–water partition coefficient (Wildman–Crippen LogP) is 1.41. The SMILES string of the molecule is CCCC[C@H]1CC[C@@H]([C]=O)N1. The highest BCUT2D eigenvalue weighted by atomic mass is 16.1. The van der Waals surface area contributed by atoms with Crippen LogP contribution in [0.4, 0.5) is 0 Å². The maximum Gasteiger partial charge on any atom is 0.216 e. The minimum Gasteiger partial charge on any atom is -0.304 e. The lowest BCUT2D eigenvalue weighted by Crippen LogP contribution is -2.30. The first-order valence-corrected chi connectivity index (χ1v) is 4.50. The van der Waals surface area contributed by atoms with E-state index in [4.69, 9.17) is 0 Å². The Morgan fingerprint density at radius 2 is 2.36 bits per heavy atom. The van der Waals surface area contributed by atoms with E-state index in [0.717, 1.165) is 12.8 Å². The summed E-state index contributed by atoms with van der Waals surface area (Å²) in [6, 6.07) is 0.609. The quantitative estimate of drug-likeness (QED) is 0.663. The van der Waals surface area contributed by atoms with Gasteiger partial charge >= 0.3 is 0 Å². The van der Waals surface area contributed by atoms with Crippen LogP contribution in [0.1, 0.15) is 39.0 Å². The van der Waals surface area contributed by atoms with Gasteiger partial charge in [0.15, 0.2) is 0 Å². The minimum absolute atomic E-state index is 0.0249. The zero-order valence-electron chi connectivity index (χ0n) is 7.10. The highest BCUT2D eigenvalue weighted by molar-refractivity contribution is 5.59. The highest BCUT2D eigenvalue weighted by Crippen LogP contribution is 2.15. The molecule has 2 nitrogen and oxygen atoms in total. The zero-order chi connectivity index (χ0) is 8.10. The first kappa shape index (κ1) is 8.72. The van der Waals surface area contributed by atoms with Gasteiger partial charge in [-0.15, -0.1) is 0 Å². The fourth-order valence-corrected chi connectivity index (χ4v) is 1.59. The van der Waals surface area contributed by atoms with Crippen molar-refractivity contribution in [1.82, 2.24) is 5.32 Å². The molecule has 0 spiro atoms. The van der Waals surface area contributed by atoms with Gasteiger partial charge in [0.2, 0.25) is 6.29 Å². The summed E-state index contributed by atoms with van der Waals surface area (Å²) in [5.74, 6) is 0. The summed E-state index contributed by atoms with van der Waals surface area (Å²) in [6.07, 6.45) is 7.87. The van der Waals surface area contributed by atoms with Gasteiger partial charge in [-0.2, -0.15) is 0 Å². The summed E-state index contributed by atoms with van der Waals surface area (Å²) in [5, 5.41) is 3.25. The Balaban J connectivity index is 2.14. The molecule has 0 amide bonds. The average Bonchev–Trinajstić information content (AvgIpc) is 2.48. The Hall–Kier alpha value is -0.370. The Morgan fingerprint density at radius 1 is 1.55 bits per heavy atom. The van der Waals surface area contributed by atoms with Crippen LogP contribution in [-0.4, -0.2) is 18.4 Å². The topological polar surface area (TPSA) is 29.1 Å². The summed E-state index contributed by atoms with van der Waals surface area (Å²) in [5.41, 5.74) is 0. The van der Waals surface area contributed by atoms with Gasteiger partial charge in [0.1, 0.15) is 0 Å². The summed E-state index contributed by atoms with van der Waals surface area (Å²) in [7, 11) is 0. The molecule has 1 radical (unpaired) electrons. The summed E-state index contributed by atoms with van der Waals surface area (Å²) < 4.78 is 0.